The molecule has 0 radical (unpaired) electrons. The van der Waals surface area contributed by atoms with Crippen molar-refractivity contribution in [3.05, 3.63) is 0 Å². The van der Waals surface area contributed by atoms with E-state index in [9.17, 15) is 4.79 Å². The van der Waals surface area contributed by atoms with Gasteiger partial charge in [0, 0.05) is 5.75 Å². The van der Waals surface area contributed by atoms with Crippen LogP contribution in [0.15, 0.2) is 0 Å². The van der Waals surface area contributed by atoms with Gasteiger partial charge in [-0.2, -0.15) is 11.8 Å². The number of carbonyl (C=O) groups excluding carboxylic acids is 1. The van der Waals surface area contributed by atoms with Gasteiger partial charge in [-0.05, 0) is 19.1 Å². The lowest BCUT2D eigenvalue weighted by atomic mass is 10.4. The van der Waals surface area contributed by atoms with Crippen LogP contribution in [-0.2, 0) is 9.53 Å². The molecule has 0 fully saturated rings. The SMILES string of the molecule is CCCCSCCC(=O)OCC. The van der Waals surface area contributed by atoms with Gasteiger partial charge in [0.1, 0.15) is 0 Å². The van der Waals surface area contributed by atoms with Crippen molar-refractivity contribution >= 4 is 17.7 Å². The number of carbonyl (C=O) groups is 1. The van der Waals surface area contributed by atoms with Crippen LogP contribution in [0.2, 0.25) is 0 Å². The third-order valence-electron chi connectivity index (χ3n) is 1.40. The summed E-state index contributed by atoms with van der Waals surface area (Å²) in [5.41, 5.74) is 0. The van der Waals surface area contributed by atoms with Crippen LogP contribution in [0.3, 0.4) is 0 Å². The van der Waals surface area contributed by atoms with E-state index in [0.29, 0.717) is 13.0 Å². The van der Waals surface area contributed by atoms with Crippen LogP contribution in [0.1, 0.15) is 33.1 Å². The molecule has 0 unspecified atom stereocenters. The molecule has 0 amide bonds. The normalized spacial score (nSPS) is 9.83. The van der Waals surface area contributed by atoms with E-state index in [1.54, 1.807) is 0 Å². The summed E-state index contributed by atoms with van der Waals surface area (Å²) in [7, 11) is 0. The van der Waals surface area contributed by atoms with Crippen LogP contribution in [0, 0.1) is 0 Å². The molecule has 0 heterocycles. The number of esters is 1. The van der Waals surface area contributed by atoms with Gasteiger partial charge in [-0.1, -0.05) is 13.3 Å². The number of thioether (sulfide) groups is 1. The van der Waals surface area contributed by atoms with Crippen LogP contribution >= 0.6 is 11.8 Å². The molecule has 3 heteroatoms. The second kappa shape index (κ2) is 8.91. The standard InChI is InChI=1S/C9H18O2S/c1-3-5-7-12-8-6-9(10)11-4-2/h3-8H2,1-2H3. The molecule has 0 saturated heterocycles. The minimum atomic E-state index is -0.0681. The number of unbranched alkanes of at least 4 members (excludes halogenated alkanes) is 1. The molecule has 0 aromatic rings. The minimum Gasteiger partial charge on any atom is -0.466 e. The first-order valence-electron chi connectivity index (χ1n) is 4.54. The summed E-state index contributed by atoms with van der Waals surface area (Å²) in [5, 5.41) is 0. The molecule has 0 rings (SSSR count). The monoisotopic (exact) mass is 190 g/mol. The van der Waals surface area contributed by atoms with Crippen molar-refractivity contribution in [1.82, 2.24) is 0 Å². The summed E-state index contributed by atoms with van der Waals surface area (Å²) in [4.78, 5) is 10.8. The first-order chi connectivity index (χ1) is 5.81. The zero-order chi connectivity index (χ0) is 9.23. The first-order valence-corrected chi connectivity index (χ1v) is 5.70. The van der Waals surface area contributed by atoms with E-state index in [1.165, 1.54) is 12.8 Å². The molecule has 0 aliphatic heterocycles. The molecule has 0 spiro atoms. The van der Waals surface area contributed by atoms with Gasteiger partial charge in [0.15, 0.2) is 0 Å². The van der Waals surface area contributed by atoms with Gasteiger partial charge in [-0.3, -0.25) is 4.79 Å². The van der Waals surface area contributed by atoms with Crippen molar-refractivity contribution in [2.75, 3.05) is 18.1 Å². The lowest BCUT2D eigenvalue weighted by Crippen LogP contribution is -2.04. The van der Waals surface area contributed by atoms with Gasteiger partial charge in [0.05, 0.1) is 13.0 Å². The highest BCUT2D eigenvalue weighted by Crippen LogP contribution is 2.06. The number of ether oxygens (including phenoxy) is 1. The summed E-state index contributed by atoms with van der Waals surface area (Å²) in [6.45, 7) is 4.51. The lowest BCUT2D eigenvalue weighted by molar-refractivity contribution is -0.142. The second-order valence-electron chi connectivity index (χ2n) is 2.52. The summed E-state index contributed by atoms with van der Waals surface area (Å²) in [5.74, 6) is 2.00. The van der Waals surface area contributed by atoms with Crippen molar-refractivity contribution in [3.63, 3.8) is 0 Å². The summed E-state index contributed by atoms with van der Waals surface area (Å²) < 4.78 is 4.80. The maximum Gasteiger partial charge on any atom is 0.306 e. The maximum absolute atomic E-state index is 10.8. The fraction of sp³-hybridized carbons (Fsp3) is 0.889. The quantitative estimate of drug-likeness (QED) is 0.455. The van der Waals surface area contributed by atoms with Gasteiger partial charge < -0.3 is 4.74 Å². The Balaban J connectivity index is 3.03. The van der Waals surface area contributed by atoms with E-state index in [-0.39, 0.29) is 5.97 Å². The Kier molecular flexibility index (Phi) is 8.78. The van der Waals surface area contributed by atoms with E-state index < -0.39 is 0 Å². The van der Waals surface area contributed by atoms with Crippen LogP contribution in [0.25, 0.3) is 0 Å². The third-order valence-corrected chi connectivity index (χ3v) is 2.47. The van der Waals surface area contributed by atoms with Crippen LogP contribution < -0.4 is 0 Å². The van der Waals surface area contributed by atoms with E-state index >= 15 is 0 Å². The molecule has 72 valence electrons. The smallest absolute Gasteiger partial charge is 0.306 e. The molecule has 0 N–H and O–H groups in total. The molecule has 0 bridgehead atoms. The highest BCUT2D eigenvalue weighted by Gasteiger charge is 1.99. The Morgan fingerprint density at radius 1 is 1.33 bits per heavy atom. The van der Waals surface area contributed by atoms with Crippen molar-refractivity contribution in [1.29, 1.82) is 0 Å². The fourth-order valence-electron chi connectivity index (χ4n) is 0.737. The van der Waals surface area contributed by atoms with Gasteiger partial charge in [0.2, 0.25) is 0 Å². The lowest BCUT2D eigenvalue weighted by Gasteiger charge is -2.00. The van der Waals surface area contributed by atoms with Crippen molar-refractivity contribution in [2.24, 2.45) is 0 Å². The van der Waals surface area contributed by atoms with Crippen LogP contribution in [0.5, 0.6) is 0 Å². The molecule has 0 atom stereocenters. The zero-order valence-electron chi connectivity index (χ0n) is 7.97. The average molecular weight is 190 g/mol. The van der Waals surface area contributed by atoms with Gasteiger partial charge in [-0.25, -0.2) is 0 Å². The summed E-state index contributed by atoms with van der Waals surface area (Å²) in [6, 6.07) is 0. The third kappa shape index (κ3) is 7.92. The molecular formula is C9H18O2S. The fourth-order valence-corrected chi connectivity index (χ4v) is 1.75. The average Bonchev–Trinajstić information content (AvgIpc) is 2.05. The Morgan fingerprint density at radius 3 is 2.67 bits per heavy atom. The van der Waals surface area contributed by atoms with E-state index in [4.69, 9.17) is 4.74 Å². The number of hydrogen-bond donors (Lipinski definition) is 0. The number of hydrogen-bond acceptors (Lipinski definition) is 3. The zero-order valence-corrected chi connectivity index (χ0v) is 8.78. The molecule has 0 aliphatic carbocycles. The molecule has 0 aliphatic rings. The molecule has 12 heavy (non-hydrogen) atoms. The minimum absolute atomic E-state index is 0.0681. The molecule has 2 nitrogen and oxygen atoms in total. The predicted octanol–water partition coefficient (Wildman–Crippen LogP) is 2.47. The highest BCUT2D eigenvalue weighted by atomic mass is 32.2. The van der Waals surface area contributed by atoms with Gasteiger partial charge in [0.25, 0.3) is 0 Å². The van der Waals surface area contributed by atoms with Crippen LogP contribution in [0.4, 0.5) is 0 Å². The Morgan fingerprint density at radius 2 is 2.08 bits per heavy atom. The Hall–Kier alpha value is -0.180. The van der Waals surface area contributed by atoms with Gasteiger partial charge in [-0.15, -0.1) is 0 Å². The largest absolute Gasteiger partial charge is 0.466 e. The first kappa shape index (κ1) is 11.8. The molecule has 0 saturated carbocycles. The topological polar surface area (TPSA) is 26.3 Å². The predicted molar refractivity (Wildman–Crippen MR) is 53.5 cm³/mol. The van der Waals surface area contributed by atoms with Crippen LogP contribution in [-0.4, -0.2) is 24.1 Å². The van der Waals surface area contributed by atoms with Gasteiger partial charge >= 0.3 is 5.97 Å². The van der Waals surface area contributed by atoms with Crippen molar-refractivity contribution in [3.8, 4) is 0 Å². The highest BCUT2D eigenvalue weighted by molar-refractivity contribution is 7.99. The molecule has 0 aromatic heterocycles. The summed E-state index contributed by atoms with van der Waals surface area (Å²) in [6.07, 6.45) is 3.03. The molecular weight excluding hydrogens is 172 g/mol. The number of rotatable bonds is 7. The van der Waals surface area contributed by atoms with E-state index in [2.05, 4.69) is 6.92 Å². The Bertz CT molecular complexity index is 115. The molecule has 0 aromatic carbocycles. The van der Waals surface area contributed by atoms with E-state index in [0.717, 1.165) is 11.5 Å². The van der Waals surface area contributed by atoms with Crippen molar-refractivity contribution in [2.45, 2.75) is 33.1 Å². The maximum atomic E-state index is 10.8. The van der Waals surface area contributed by atoms with Crippen molar-refractivity contribution < 1.29 is 9.53 Å². The van der Waals surface area contributed by atoms with E-state index in [1.807, 2.05) is 18.7 Å². The Labute approximate surface area is 79.1 Å². The second-order valence-corrected chi connectivity index (χ2v) is 3.75. The summed E-state index contributed by atoms with van der Waals surface area (Å²) >= 11 is 1.83.